The van der Waals surface area contributed by atoms with E-state index >= 15 is 0 Å². The predicted molar refractivity (Wildman–Crippen MR) is 242 cm³/mol. The molecule has 2 N–H and O–H groups in total. The number of nitrogens with one attached hydrogen (secondary N) is 2. The highest BCUT2D eigenvalue weighted by Gasteiger charge is 2.45. The maximum atomic E-state index is 11.8. The highest BCUT2D eigenvalue weighted by molar-refractivity contribution is 5.93. The fraction of sp³-hybridized carbons (Fsp3) is 0.688. The molecule has 0 amide bonds. The number of nitrogens with zero attached hydrogens (tertiary/aromatic N) is 2. The van der Waals surface area contributed by atoms with Crippen molar-refractivity contribution in [3.63, 3.8) is 0 Å². The largest absolute Gasteiger partial charge is 0.496 e. The maximum absolute atomic E-state index is 11.8. The summed E-state index contributed by atoms with van der Waals surface area (Å²) in [6, 6.07) is 11.7. The zero-order valence-electron chi connectivity index (χ0n) is 38.4. The van der Waals surface area contributed by atoms with Gasteiger partial charge in [0.1, 0.15) is 51.9 Å². The molecule has 2 saturated carbocycles. The van der Waals surface area contributed by atoms with Crippen LogP contribution >= 0.6 is 0 Å². The summed E-state index contributed by atoms with van der Waals surface area (Å²) in [6.45, 7) is 15.9. The molecule has 8 rings (SSSR count). The summed E-state index contributed by atoms with van der Waals surface area (Å²) in [7, 11) is 5.81. The minimum absolute atomic E-state index is 0. The SMILES string of the molecule is C.CC(C)(C)OC=O.COC(=O)c1ccc(OC2CC(N3CCOC4(CCNCC4)C3)C2)cc1OC.COC(=O)c1ccc(OC2CC(N3CCOC4(CCNCC4)C3)C2)cc1OC. The molecule has 4 saturated heterocycles. The Morgan fingerprint density at radius 3 is 1.38 bits per heavy atom. The monoisotopic (exact) mass is 899 g/mol. The molecule has 2 aromatic carbocycles. The fourth-order valence-corrected chi connectivity index (χ4v) is 9.18. The van der Waals surface area contributed by atoms with Crippen LogP contribution in [0.15, 0.2) is 36.4 Å². The molecule has 2 aliphatic carbocycles. The summed E-state index contributed by atoms with van der Waals surface area (Å²) in [5, 5.41) is 6.86. The Labute approximate surface area is 380 Å². The van der Waals surface area contributed by atoms with Crippen molar-refractivity contribution in [2.24, 2.45) is 0 Å². The van der Waals surface area contributed by atoms with Crippen LogP contribution in [0.4, 0.5) is 0 Å². The molecule has 6 aliphatic rings. The van der Waals surface area contributed by atoms with Gasteiger partial charge >= 0.3 is 11.9 Å². The fourth-order valence-electron chi connectivity index (χ4n) is 9.18. The first-order valence-corrected chi connectivity index (χ1v) is 22.5. The Morgan fingerprint density at radius 1 is 0.672 bits per heavy atom. The van der Waals surface area contributed by atoms with Crippen LogP contribution in [0.3, 0.4) is 0 Å². The Balaban J connectivity index is 0.000000207. The Morgan fingerprint density at radius 2 is 1.06 bits per heavy atom. The molecule has 358 valence electrons. The molecule has 2 aromatic rings. The number of hydrogen-bond donors (Lipinski definition) is 2. The molecule has 4 heterocycles. The lowest BCUT2D eigenvalue weighted by molar-refractivity contribution is -0.145. The van der Waals surface area contributed by atoms with E-state index in [1.807, 2.05) is 20.8 Å². The normalized spacial score (nSPS) is 24.9. The molecule has 2 spiro atoms. The highest BCUT2D eigenvalue weighted by atomic mass is 16.5. The maximum Gasteiger partial charge on any atom is 0.341 e. The molecular formula is C48H74N4O12. The summed E-state index contributed by atoms with van der Waals surface area (Å²) in [5.74, 6) is 1.58. The molecule has 0 bridgehead atoms. The summed E-state index contributed by atoms with van der Waals surface area (Å²) in [5.41, 5.74) is 0.592. The second-order valence-corrected chi connectivity index (χ2v) is 18.3. The van der Waals surface area contributed by atoms with Gasteiger partial charge in [-0.25, -0.2) is 9.59 Å². The number of hydrogen-bond acceptors (Lipinski definition) is 16. The summed E-state index contributed by atoms with van der Waals surface area (Å²) in [4.78, 5) is 38.3. The first kappa shape index (κ1) is 50.8. The van der Waals surface area contributed by atoms with E-state index in [0.29, 0.717) is 41.2 Å². The second kappa shape index (κ2) is 23.3. The van der Waals surface area contributed by atoms with Crippen LogP contribution in [0.5, 0.6) is 23.0 Å². The van der Waals surface area contributed by atoms with E-state index in [1.165, 1.54) is 14.2 Å². The third-order valence-corrected chi connectivity index (χ3v) is 12.9. The molecule has 4 aliphatic heterocycles. The molecule has 64 heavy (non-hydrogen) atoms. The number of rotatable bonds is 11. The number of morpholine rings is 2. The highest BCUT2D eigenvalue weighted by Crippen LogP contribution is 2.38. The number of ether oxygens (including phenoxy) is 9. The van der Waals surface area contributed by atoms with Gasteiger partial charge in [-0.15, -0.1) is 0 Å². The van der Waals surface area contributed by atoms with Crippen molar-refractivity contribution in [1.82, 2.24) is 20.4 Å². The lowest BCUT2D eigenvalue weighted by Gasteiger charge is -2.51. The van der Waals surface area contributed by atoms with Crippen LogP contribution in [0.2, 0.25) is 0 Å². The minimum Gasteiger partial charge on any atom is -0.496 e. The molecule has 0 radical (unpaired) electrons. The Hall–Kier alpha value is -4.19. The Bertz CT molecular complexity index is 1670. The van der Waals surface area contributed by atoms with E-state index in [4.69, 9.17) is 37.9 Å². The standard InChI is InChI=1S/2C21H30N2O5.C5H10O2.CH4/c2*1-25-19-13-16(3-4-18(19)20(24)26-2)28-17-11-15(12-17)23-9-10-27-21(14-23)5-7-22-8-6-21;1-5(2,3)7-4-6;/h2*3-4,13,15,17,22H,5-12,14H2,1-2H3;4H,1-3H3;1H4. The third-order valence-electron chi connectivity index (χ3n) is 12.9. The van der Waals surface area contributed by atoms with Gasteiger partial charge in [-0.1, -0.05) is 7.43 Å². The van der Waals surface area contributed by atoms with Crippen LogP contribution < -0.4 is 29.6 Å². The lowest BCUT2D eigenvalue weighted by atomic mass is 9.84. The summed E-state index contributed by atoms with van der Waals surface area (Å²) < 4.78 is 49.3. The van der Waals surface area contributed by atoms with E-state index in [9.17, 15) is 14.4 Å². The van der Waals surface area contributed by atoms with Crippen molar-refractivity contribution in [3.05, 3.63) is 47.5 Å². The zero-order valence-corrected chi connectivity index (χ0v) is 38.4. The topological polar surface area (TPSA) is 165 Å². The van der Waals surface area contributed by atoms with Crippen molar-refractivity contribution in [2.45, 2.75) is 121 Å². The van der Waals surface area contributed by atoms with E-state index in [2.05, 4.69) is 25.2 Å². The van der Waals surface area contributed by atoms with Crippen molar-refractivity contribution >= 4 is 18.4 Å². The van der Waals surface area contributed by atoms with Crippen molar-refractivity contribution in [2.75, 3.05) is 94.0 Å². The number of benzene rings is 2. The van der Waals surface area contributed by atoms with Gasteiger partial charge in [0.25, 0.3) is 6.47 Å². The zero-order chi connectivity index (χ0) is 45.0. The number of carbonyl (C=O) groups excluding carboxylic acids is 3. The van der Waals surface area contributed by atoms with E-state index in [0.717, 1.165) is 128 Å². The average Bonchev–Trinajstić information content (AvgIpc) is 3.25. The minimum atomic E-state index is -0.411. The van der Waals surface area contributed by atoms with Crippen molar-refractivity contribution in [1.29, 1.82) is 0 Å². The van der Waals surface area contributed by atoms with Crippen LogP contribution in [0, 0.1) is 0 Å². The van der Waals surface area contributed by atoms with Crippen LogP contribution in [-0.2, 0) is 28.5 Å². The van der Waals surface area contributed by atoms with Crippen LogP contribution in [-0.4, -0.2) is 163 Å². The first-order chi connectivity index (χ1) is 30.3. The van der Waals surface area contributed by atoms with Crippen LogP contribution in [0.1, 0.15) is 100 Å². The third kappa shape index (κ3) is 13.4. The van der Waals surface area contributed by atoms with Gasteiger partial charge in [-0.3, -0.25) is 14.6 Å². The molecule has 16 nitrogen and oxygen atoms in total. The molecule has 0 aromatic heterocycles. The second-order valence-electron chi connectivity index (χ2n) is 18.3. The van der Waals surface area contributed by atoms with Gasteiger partial charge in [-0.2, -0.15) is 0 Å². The van der Waals surface area contributed by atoms with E-state index < -0.39 is 11.9 Å². The first-order valence-electron chi connectivity index (χ1n) is 22.5. The van der Waals surface area contributed by atoms with Crippen molar-refractivity contribution in [3.8, 4) is 23.0 Å². The van der Waals surface area contributed by atoms with E-state index in [1.54, 1.807) is 50.6 Å². The van der Waals surface area contributed by atoms with Gasteiger partial charge in [-0.05, 0) is 96.9 Å². The number of methoxy groups -OCH3 is 4. The molecular weight excluding hydrogens is 825 g/mol. The van der Waals surface area contributed by atoms with Crippen LogP contribution in [0.25, 0.3) is 0 Å². The molecule has 16 heteroatoms. The van der Waals surface area contributed by atoms with Gasteiger partial charge in [0.15, 0.2) is 0 Å². The van der Waals surface area contributed by atoms with Gasteiger partial charge in [0, 0.05) is 76.1 Å². The predicted octanol–water partition coefficient (Wildman–Crippen LogP) is 5.29. The summed E-state index contributed by atoms with van der Waals surface area (Å²) >= 11 is 0. The van der Waals surface area contributed by atoms with Gasteiger partial charge in [0.05, 0.1) is 52.9 Å². The molecule has 6 fully saturated rings. The lowest BCUT2D eigenvalue weighted by Crippen LogP contribution is -2.61. The smallest absolute Gasteiger partial charge is 0.341 e. The van der Waals surface area contributed by atoms with Gasteiger partial charge in [0.2, 0.25) is 0 Å². The number of esters is 2. The van der Waals surface area contributed by atoms with Crippen molar-refractivity contribution < 1.29 is 57.0 Å². The number of carbonyl (C=O) groups is 3. The van der Waals surface area contributed by atoms with Gasteiger partial charge < -0.3 is 53.3 Å². The number of piperidine rings is 2. The average molecular weight is 899 g/mol. The molecule has 0 unspecified atom stereocenters. The quantitative estimate of drug-likeness (QED) is 0.170. The van der Waals surface area contributed by atoms with E-state index in [-0.39, 0.29) is 36.4 Å². The Kier molecular flexibility index (Phi) is 18.5. The molecule has 0 atom stereocenters. The summed E-state index contributed by atoms with van der Waals surface area (Å²) in [6.07, 6.45) is 8.89.